The molecule has 6 nitrogen and oxygen atoms in total. The van der Waals surface area contributed by atoms with Crippen LogP contribution in [0.25, 0.3) is 0 Å². The number of aliphatic hydroxyl groups excluding tert-OH is 1. The number of aliphatic hydroxyl groups is 1. The number of rotatable bonds is 3. The summed E-state index contributed by atoms with van der Waals surface area (Å²) in [6, 6.07) is 7.81. The Labute approximate surface area is 144 Å². The standard InChI is InChI=1S/C18H29N3O3/c1-18(2,3)24-17(23)21-10-4-9-20(11-12-21)15-7-5-14(6-8-15)16(22)13-19/h5-8,16,22H,4,9-13,19H2,1-3H3. The highest BCUT2D eigenvalue weighted by Gasteiger charge is 2.24. The maximum Gasteiger partial charge on any atom is 0.410 e. The summed E-state index contributed by atoms with van der Waals surface area (Å²) in [6.07, 6.45) is 0.0310. The van der Waals surface area contributed by atoms with Gasteiger partial charge in [0.05, 0.1) is 6.10 Å². The first kappa shape index (κ1) is 18.5. The quantitative estimate of drug-likeness (QED) is 0.884. The molecule has 0 bridgehead atoms. The van der Waals surface area contributed by atoms with Gasteiger partial charge < -0.3 is 25.4 Å². The largest absolute Gasteiger partial charge is 0.444 e. The molecule has 1 aliphatic heterocycles. The third kappa shape index (κ3) is 5.11. The van der Waals surface area contributed by atoms with Crippen LogP contribution in [0.2, 0.25) is 0 Å². The van der Waals surface area contributed by atoms with Gasteiger partial charge >= 0.3 is 6.09 Å². The Morgan fingerprint density at radius 3 is 2.46 bits per heavy atom. The van der Waals surface area contributed by atoms with Crippen molar-refractivity contribution in [3.05, 3.63) is 29.8 Å². The summed E-state index contributed by atoms with van der Waals surface area (Å²) in [4.78, 5) is 16.2. The number of carbonyl (C=O) groups excluding carboxylic acids is 1. The van der Waals surface area contributed by atoms with Crippen molar-refractivity contribution in [2.45, 2.75) is 38.9 Å². The molecule has 1 atom stereocenters. The second-order valence-electron chi connectivity index (χ2n) is 7.15. The maximum atomic E-state index is 12.2. The SMILES string of the molecule is CC(C)(C)OC(=O)N1CCCN(c2ccc(C(O)CN)cc2)CC1. The molecule has 0 aliphatic carbocycles. The molecule has 1 unspecified atom stereocenters. The average molecular weight is 335 g/mol. The van der Waals surface area contributed by atoms with Gasteiger partial charge in [-0.15, -0.1) is 0 Å². The van der Waals surface area contributed by atoms with Gasteiger partial charge in [0, 0.05) is 38.4 Å². The van der Waals surface area contributed by atoms with E-state index in [0.29, 0.717) is 13.1 Å². The summed E-state index contributed by atoms with van der Waals surface area (Å²) < 4.78 is 5.46. The summed E-state index contributed by atoms with van der Waals surface area (Å²) in [7, 11) is 0. The van der Waals surface area contributed by atoms with E-state index in [1.807, 2.05) is 45.0 Å². The fourth-order valence-corrected chi connectivity index (χ4v) is 2.73. The highest BCUT2D eigenvalue weighted by atomic mass is 16.6. The predicted octanol–water partition coefficient (Wildman–Crippen LogP) is 2.13. The van der Waals surface area contributed by atoms with Gasteiger partial charge in [-0.2, -0.15) is 0 Å². The molecule has 1 aliphatic rings. The van der Waals surface area contributed by atoms with E-state index >= 15 is 0 Å². The van der Waals surface area contributed by atoms with Crippen molar-refractivity contribution >= 4 is 11.8 Å². The number of anilines is 1. The molecule has 24 heavy (non-hydrogen) atoms. The smallest absolute Gasteiger partial charge is 0.410 e. The molecule has 134 valence electrons. The Morgan fingerprint density at radius 1 is 1.21 bits per heavy atom. The first-order valence-electron chi connectivity index (χ1n) is 8.51. The van der Waals surface area contributed by atoms with Crippen LogP contribution < -0.4 is 10.6 Å². The number of ether oxygens (including phenoxy) is 1. The molecule has 1 amide bonds. The van der Waals surface area contributed by atoms with Crippen LogP contribution >= 0.6 is 0 Å². The number of carbonyl (C=O) groups is 1. The number of amides is 1. The fraction of sp³-hybridized carbons (Fsp3) is 0.611. The molecule has 3 N–H and O–H groups in total. The first-order valence-corrected chi connectivity index (χ1v) is 8.51. The van der Waals surface area contributed by atoms with Gasteiger partial charge in [-0.1, -0.05) is 12.1 Å². The molecule has 0 spiro atoms. The van der Waals surface area contributed by atoms with Gasteiger partial charge in [0.1, 0.15) is 5.60 Å². The van der Waals surface area contributed by atoms with Crippen LogP contribution in [-0.2, 0) is 4.74 Å². The predicted molar refractivity (Wildman–Crippen MR) is 95.1 cm³/mol. The maximum absolute atomic E-state index is 12.2. The van der Waals surface area contributed by atoms with E-state index in [2.05, 4.69) is 4.90 Å². The molecule has 1 saturated heterocycles. The Kier molecular flexibility index (Phi) is 6.07. The van der Waals surface area contributed by atoms with Crippen LogP contribution in [0.1, 0.15) is 38.9 Å². The minimum atomic E-state index is -0.620. The van der Waals surface area contributed by atoms with Crippen LogP contribution in [0.15, 0.2) is 24.3 Å². The van der Waals surface area contributed by atoms with Gasteiger partial charge in [-0.3, -0.25) is 0 Å². The van der Waals surface area contributed by atoms with Crippen LogP contribution in [0.3, 0.4) is 0 Å². The molecular weight excluding hydrogens is 306 g/mol. The number of hydrogen-bond donors (Lipinski definition) is 2. The molecule has 1 heterocycles. The van der Waals surface area contributed by atoms with Crippen LogP contribution in [-0.4, -0.2) is 54.4 Å². The fourth-order valence-electron chi connectivity index (χ4n) is 2.73. The van der Waals surface area contributed by atoms with Gasteiger partial charge in [-0.05, 0) is 44.9 Å². The second kappa shape index (κ2) is 7.85. The number of nitrogens with zero attached hydrogens (tertiary/aromatic N) is 2. The lowest BCUT2D eigenvalue weighted by Crippen LogP contribution is -2.39. The van der Waals surface area contributed by atoms with Gasteiger partial charge in [-0.25, -0.2) is 4.79 Å². The first-order chi connectivity index (χ1) is 11.3. The molecule has 0 saturated carbocycles. The summed E-state index contributed by atoms with van der Waals surface area (Å²) in [5.41, 5.74) is 6.93. The summed E-state index contributed by atoms with van der Waals surface area (Å²) in [5, 5.41) is 9.77. The average Bonchev–Trinajstić information content (AvgIpc) is 2.79. The van der Waals surface area contributed by atoms with E-state index in [1.54, 1.807) is 4.90 Å². The van der Waals surface area contributed by atoms with Crippen molar-refractivity contribution in [2.75, 3.05) is 37.6 Å². The van der Waals surface area contributed by atoms with Crippen LogP contribution in [0.5, 0.6) is 0 Å². The van der Waals surface area contributed by atoms with Crippen molar-refractivity contribution in [1.29, 1.82) is 0 Å². The summed E-state index contributed by atoms with van der Waals surface area (Å²) in [6.45, 7) is 8.85. The number of nitrogens with two attached hydrogens (primary N) is 1. The molecule has 1 fully saturated rings. The van der Waals surface area contributed by atoms with Gasteiger partial charge in [0.15, 0.2) is 0 Å². The molecule has 6 heteroatoms. The Bertz CT molecular complexity index is 539. The van der Waals surface area contributed by atoms with Crippen LogP contribution in [0, 0.1) is 0 Å². The second-order valence-corrected chi connectivity index (χ2v) is 7.15. The Morgan fingerprint density at radius 2 is 1.88 bits per heavy atom. The minimum absolute atomic E-state index is 0.216. The zero-order valence-electron chi connectivity index (χ0n) is 14.9. The lowest BCUT2D eigenvalue weighted by atomic mass is 10.1. The van der Waals surface area contributed by atoms with E-state index in [1.165, 1.54) is 0 Å². The highest BCUT2D eigenvalue weighted by Crippen LogP contribution is 2.21. The zero-order valence-corrected chi connectivity index (χ0v) is 14.9. The van der Waals surface area contributed by atoms with Gasteiger partial charge in [0.25, 0.3) is 0 Å². The molecule has 1 aromatic carbocycles. The molecular formula is C18H29N3O3. The summed E-state index contributed by atoms with van der Waals surface area (Å²) >= 11 is 0. The lowest BCUT2D eigenvalue weighted by molar-refractivity contribution is 0.0263. The van der Waals surface area contributed by atoms with Crippen molar-refractivity contribution in [2.24, 2.45) is 5.73 Å². The van der Waals surface area contributed by atoms with Crippen molar-refractivity contribution < 1.29 is 14.6 Å². The zero-order chi connectivity index (χ0) is 17.7. The van der Waals surface area contributed by atoms with Crippen molar-refractivity contribution in [3.63, 3.8) is 0 Å². The highest BCUT2D eigenvalue weighted by molar-refractivity contribution is 5.68. The minimum Gasteiger partial charge on any atom is -0.444 e. The Balaban J connectivity index is 1.96. The molecule has 1 aromatic rings. The third-order valence-electron chi connectivity index (χ3n) is 4.01. The monoisotopic (exact) mass is 335 g/mol. The number of hydrogen-bond acceptors (Lipinski definition) is 5. The number of benzene rings is 1. The van der Waals surface area contributed by atoms with E-state index < -0.39 is 11.7 Å². The van der Waals surface area contributed by atoms with E-state index in [-0.39, 0.29) is 12.6 Å². The van der Waals surface area contributed by atoms with Crippen molar-refractivity contribution in [1.82, 2.24) is 4.90 Å². The molecule has 0 radical (unpaired) electrons. The van der Waals surface area contributed by atoms with Crippen molar-refractivity contribution in [3.8, 4) is 0 Å². The van der Waals surface area contributed by atoms with E-state index in [0.717, 1.165) is 30.8 Å². The van der Waals surface area contributed by atoms with E-state index in [9.17, 15) is 9.90 Å². The van der Waals surface area contributed by atoms with Gasteiger partial charge in [0.2, 0.25) is 0 Å². The lowest BCUT2D eigenvalue weighted by Gasteiger charge is -2.27. The van der Waals surface area contributed by atoms with Crippen LogP contribution in [0.4, 0.5) is 10.5 Å². The normalized spacial score (nSPS) is 17.4. The topological polar surface area (TPSA) is 79.0 Å². The molecule has 0 aromatic heterocycles. The Hall–Kier alpha value is -1.79. The van der Waals surface area contributed by atoms with E-state index in [4.69, 9.17) is 10.5 Å². The summed E-state index contributed by atoms with van der Waals surface area (Å²) in [5.74, 6) is 0. The third-order valence-corrected chi connectivity index (χ3v) is 4.01. The molecule has 2 rings (SSSR count).